The van der Waals surface area contributed by atoms with Gasteiger partial charge in [-0.2, -0.15) is 0 Å². The van der Waals surface area contributed by atoms with Gasteiger partial charge in [-0.25, -0.2) is 0 Å². The lowest BCUT2D eigenvalue weighted by atomic mass is 9.86. The highest BCUT2D eigenvalue weighted by Crippen LogP contribution is 2.37. The van der Waals surface area contributed by atoms with E-state index < -0.39 is 0 Å². The van der Waals surface area contributed by atoms with Gasteiger partial charge < -0.3 is 15.5 Å². The Bertz CT molecular complexity index is 817. The smallest absolute Gasteiger partial charge is 0.164 e. The van der Waals surface area contributed by atoms with Crippen LogP contribution in [0.15, 0.2) is 48.2 Å². The summed E-state index contributed by atoms with van der Waals surface area (Å²) in [5.74, 6) is 0.194. The maximum Gasteiger partial charge on any atom is 0.164 e. The molecule has 1 aliphatic heterocycles. The molecule has 2 aromatic carbocycles. The van der Waals surface area contributed by atoms with Crippen LogP contribution in [-0.2, 0) is 4.79 Å². The third-order valence-electron chi connectivity index (χ3n) is 5.60. The Morgan fingerprint density at radius 3 is 2.35 bits per heavy atom. The Morgan fingerprint density at radius 1 is 1.08 bits per heavy atom. The lowest BCUT2D eigenvalue weighted by Gasteiger charge is -2.37. The molecule has 2 N–H and O–H groups in total. The second-order valence-corrected chi connectivity index (χ2v) is 7.24. The zero-order valence-corrected chi connectivity index (χ0v) is 15.6. The monoisotopic (exact) mass is 349 g/mol. The molecule has 0 amide bonds. The zero-order valence-electron chi connectivity index (χ0n) is 15.6. The molecule has 26 heavy (non-hydrogen) atoms. The summed E-state index contributed by atoms with van der Waals surface area (Å²) < 4.78 is 0. The number of allylic oxidation sites excluding steroid dienone is 2. The Balaban J connectivity index is 1.57. The first-order valence-corrected chi connectivity index (χ1v) is 9.75. The molecule has 0 spiro atoms. The van der Waals surface area contributed by atoms with Gasteiger partial charge in [0.25, 0.3) is 0 Å². The van der Waals surface area contributed by atoms with E-state index in [0.29, 0.717) is 0 Å². The summed E-state index contributed by atoms with van der Waals surface area (Å²) in [5.41, 5.74) is 3.44. The molecule has 4 nitrogen and oxygen atoms in total. The van der Waals surface area contributed by atoms with Gasteiger partial charge in [0.15, 0.2) is 5.78 Å². The van der Waals surface area contributed by atoms with E-state index >= 15 is 0 Å². The van der Waals surface area contributed by atoms with Crippen molar-refractivity contribution in [3.05, 3.63) is 48.2 Å². The van der Waals surface area contributed by atoms with Gasteiger partial charge in [0.05, 0.1) is 5.92 Å². The number of nitrogens with zero attached hydrogens (tertiary/aromatic N) is 1. The average molecular weight is 349 g/mol. The first-order valence-electron chi connectivity index (χ1n) is 9.75. The Labute approximate surface area is 155 Å². The van der Waals surface area contributed by atoms with Crippen molar-refractivity contribution >= 4 is 27.9 Å². The molecule has 4 rings (SSSR count). The molecule has 0 bridgehead atoms. The van der Waals surface area contributed by atoms with Gasteiger partial charge in [0.2, 0.25) is 0 Å². The predicted molar refractivity (Wildman–Crippen MR) is 108 cm³/mol. The Morgan fingerprint density at radius 2 is 1.77 bits per heavy atom. The van der Waals surface area contributed by atoms with Crippen molar-refractivity contribution in [3.8, 4) is 0 Å². The summed E-state index contributed by atoms with van der Waals surface area (Å²) in [5, 5.41) is 9.57. The van der Waals surface area contributed by atoms with Crippen LogP contribution < -0.4 is 10.6 Å². The van der Waals surface area contributed by atoms with Crippen molar-refractivity contribution in [1.29, 1.82) is 0 Å². The van der Waals surface area contributed by atoms with E-state index in [1.54, 1.807) is 0 Å². The maximum absolute atomic E-state index is 12.9. The molecule has 136 valence electrons. The lowest BCUT2D eigenvalue weighted by Crippen LogP contribution is -2.44. The highest BCUT2D eigenvalue weighted by molar-refractivity contribution is 6.05. The topological polar surface area (TPSA) is 44.4 Å². The maximum atomic E-state index is 12.9. The van der Waals surface area contributed by atoms with Crippen LogP contribution in [0.1, 0.15) is 33.1 Å². The van der Waals surface area contributed by atoms with Crippen LogP contribution in [0.3, 0.4) is 0 Å². The Kier molecular flexibility index (Phi) is 4.58. The van der Waals surface area contributed by atoms with E-state index in [1.807, 2.05) is 6.08 Å². The fraction of sp³-hybridized carbons (Fsp3) is 0.409. The molecular formula is C22H27N3O. The van der Waals surface area contributed by atoms with Gasteiger partial charge in [0, 0.05) is 41.6 Å². The van der Waals surface area contributed by atoms with Crippen LogP contribution in [0, 0.1) is 5.92 Å². The van der Waals surface area contributed by atoms with E-state index in [-0.39, 0.29) is 17.9 Å². The zero-order chi connectivity index (χ0) is 18.1. The van der Waals surface area contributed by atoms with Gasteiger partial charge in [0.1, 0.15) is 6.17 Å². The largest absolute Gasteiger partial charge is 0.375 e. The average Bonchev–Trinajstić information content (AvgIpc) is 2.66. The standard InChI is InChI=1S/C22H27N3O/c1-3-13-25(4-2)16-11-12-17(20(26)14-16)22-23-18-9-5-7-15-8-6-10-19(24-22)21(15)18/h5-10,14,17,22-24H,3-4,11-13H2,1-2H3. The number of hydrogen-bond donors (Lipinski definition) is 2. The number of rotatable bonds is 5. The van der Waals surface area contributed by atoms with E-state index in [4.69, 9.17) is 0 Å². The van der Waals surface area contributed by atoms with Gasteiger partial charge in [-0.1, -0.05) is 31.2 Å². The molecule has 0 saturated heterocycles. The minimum atomic E-state index is -0.0537. The molecule has 0 saturated carbocycles. The number of ketones is 1. The lowest BCUT2D eigenvalue weighted by molar-refractivity contribution is -0.119. The van der Waals surface area contributed by atoms with E-state index in [0.717, 1.165) is 43.7 Å². The second-order valence-electron chi connectivity index (χ2n) is 7.24. The van der Waals surface area contributed by atoms with Gasteiger partial charge in [-0.3, -0.25) is 4.79 Å². The van der Waals surface area contributed by atoms with E-state index in [1.165, 1.54) is 16.5 Å². The summed E-state index contributed by atoms with van der Waals surface area (Å²) in [6.07, 6.45) is 4.79. The van der Waals surface area contributed by atoms with Crippen LogP contribution in [0.4, 0.5) is 11.4 Å². The molecule has 1 atom stereocenters. The molecule has 0 aromatic heterocycles. The van der Waals surface area contributed by atoms with Crippen LogP contribution in [0.5, 0.6) is 0 Å². The second kappa shape index (κ2) is 7.02. The third kappa shape index (κ3) is 2.94. The van der Waals surface area contributed by atoms with Gasteiger partial charge >= 0.3 is 0 Å². The molecule has 1 heterocycles. The molecule has 0 radical (unpaired) electrons. The minimum absolute atomic E-state index is 0.0392. The van der Waals surface area contributed by atoms with Crippen molar-refractivity contribution in [2.24, 2.45) is 5.92 Å². The number of carbonyl (C=O) groups excluding carboxylic acids is 1. The first kappa shape index (κ1) is 17.0. The summed E-state index contributed by atoms with van der Waals surface area (Å²) in [6, 6.07) is 12.6. The number of nitrogens with one attached hydrogen (secondary N) is 2. The highest BCUT2D eigenvalue weighted by atomic mass is 16.1. The highest BCUT2D eigenvalue weighted by Gasteiger charge is 2.33. The summed E-state index contributed by atoms with van der Waals surface area (Å²) >= 11 is 0. The molecule has 1 unspecified atom stereocenters. The first-order chi connectivity index (χ1) is 12.7. The molecule has 2 aliphatic rings. The van der Waals surface area contributed by atoms with Crippen LogP contribution in [0.2, 0.25) is 0 Å². The van der Waals surface area contributed by atoms with Crippen molar-refractivity contribution in [2.75, 3.05) is 23.7 Å². The SMILES string of the molecule is CCCN(CC)C1=CC(=O)C(C2Nc3cccc4cccc(c34)N2)CC1. The summed E-state index contributed by atoms with van der Waals surface area (Å²) in [4.78, 5) is 15.2. The molecular weight excluding hydrogens is 322 g/mol. The fourth-order valence-electron chi connectivity index (χ4n) is 4.30. The van der Waals surface area contributed by atoms with Crippen molar-refractivity contribution in [3.63, 3.8) is 0 Å². The van der Waals surface area contributed by atoms with Crippen LogP contribution in [0.25, 0.3) is 10.8 Å². The predicted octanol–water partition coefficient (Wildman–Crippen LogP) is 4.60. The normalized spacial score (nSPS) is 19.7. The number of carbonyl (C=O) groups is 1. The number of benzene rings is 2. The van der Waals surface area contributed by atoms with Crippen molar-refractivity contribution in [1.82, 2.24) is 4.90 Å². The van der Waals surface area contributed by atoms with Gasteiger partial charge in [-0.05, 0) is 43.7 Å². The molecule has 1 aliphatic carbocycles. The van der Waals surface area contributed by atoms with Crippen molar-refractivity contribution in [2.45, 2.75) is 39.3 Å². The third-order valence-corrected chi connectivity index (χ3v) is 5.60. The molecule has 4 heteroatoms. The Hall–Kier alpha value is -2.49. The van der Waals surface area contributed by atoms with E-state index in [9.17, 15) is 4.79 Å². The molecule has 2 aromatic rings. The summed E-state index contributed by atoms with van der Waals surface area (Å²) in [7, 11) is 0. The van der Waals surface area contributed by atoms with Crippen molar-refractivity contribution < 1.29 is 4.79 Å². The summed E-state index contributed by atoms with van der Waals surface area (Å²) in [6.45, 7) is 6.34. The number of anilines is 2. The van der Waals surface area contributed by atoms with E-state index in [2.05, 4.69) is 65.8 Å². The number of hydrogen-bond acceptors (Lipinski definition) is 4. The quantitative estimate of drug-likeness (QED) is 0.828. The molecule has 0 fully saturated rings. The van der Waals surface area contributed by atoms with Crippen LogP contribution >= 0.6 is 0 Å². The minimum Gasteiger partial charge on any atom is -0.375 e. The fourth-order valence-corrected chi connectivity index (χ4v) is 4.30. The van der Waals surface area contributed by atoms with Crippen LogP contribution in [-0.4, -0.2) is 29.9 Å². The van der Waals surface area contributed by atoms with Gasteiger partial charge in [-0.15, -0.1) is 0 Å².